The molecule has 80 valence electrons. The second kappa shape index (κ2) is 4.18. The Morgan fingerprint density at radius 2 is 2.07 bits per heavy atom. The minimum Gasteiger partial charge on any atom is -0.330 e. The Kier molecular flexibility index (Phi) is 2.90. The molecule has 0 saturated heterocycles. The molecule has 0 atom stereocenters. The summed E-state index contributed by atoms with van der Waals surface area (Å²) < 4.78 is 27.7. The second-order valence-corrected chi connectivity index (χ2v) is 4.17. The summed E-state index contributed by atoms with van der Waals surface area (Å²) in [4.78, 5) is 4.02. The maximum atomic E-state index is 13.0. The molecule has 2 aromatic rings. The first kappa shape index (κ1) is 10.4. The summed E-state index contributed by atoms with van der Waals surface area (Å²) in [5.74, 6) is -0.754. The Morgan fingerprint density at radius 1 is 1.33 bits per heavy atom. The molecule has 0 N–H and O–H groups in total. The Morgan fingerprint density at radius 3 is 2.80 bits per heavy atom. The van der Waals surface area contributed by atoms with Crippen LogP contribution < -0.4 is 0 Å². The largest absolute Gasteiger partial charge is 0.330 e. The molecule has 2 nitrogen and oxygen atoms in total. The van der Waals surface area contributed by atoms with Crippen LogP contribution in [0.5, 0.6) is 0 Å². The number of nitrogens with zero attached hydrogens (tertiary/aromatic N) is 2. The standard InChI is InChI=1S/C10H10F2N2S/c1-15-3-2-14-6-13-9-4-7(11)8(12)5-10(9)14/h4-6H,2-3H2,1H3. The summed E-state index contributed by atoms with van der Waals surface area (Å²) in [6.45, 7) is 0.753. The van der Waals surface area contributed by atoms with Gasteiger partial charge in [-0.1, -0.05) is 0 Å². The van der Waals surface area contributed by atoms with Crippen LogP contribution in [0.3, 0.4) is 0 Å². The van der Waals surface area contributed by atoms with E-state index in [0.29, 0.717) is 11.0 Å². The molecule has 0 fully saturated rings. The van der Waals surface area contributed by atoms with Gasteiger partial charge in [0.15, 0.2) is 11.6 Å². The Bertz CT molecular complexity index is 481. The molecule has 0 aliphatic heterocycles. The van der Waals surface area contributed by atoms with Crippen LogP contribution in [0.25, 0.3) is 11.0 Å². The minimum absolute atomic E-state index is 0.495. The SMILES string of the molecule is CSCCn1cnc2cc(F)c(F)cc21. The van der Waals surface area contributed by atoms with Crippen LogP contribution >= 0.6 is 11.8 Å². The third-order valence-corrected chi connectivity index (χ3v) is 2.79. The summed E-state index contributed by atoms with van der Waals surface area (Å²) in [6.07, 6.45) is 3.61. The summed E-state index contributed by atoms with van der Waals surface area (Å²) in [6, 6.07) is 2.32. The predicted molar refractivity (Wildman–Crippen MR) is 58.0 cm³/mol. The van der Waals surface area contributed by atoms with Crippen molar-refractivity contribution in [1.82, 2.24) is 9.55 Å². The molecule has 0 spiro atoms. The van der Waals surface area contributed by atoms with Gasteiger partial charge in [0.2, 0.25) is 0 Å². The van der Waals surface area contributed by atoms with E-state index in [1.165, 1.54) is 6.07 Å². The van der Waals surface area contributed by atoms with Crippen molar-refractivity contribution in [2.45, 2.75) is 6.54 Å². The fourth-order valence-corrected chi connectivity index (χ4v) is 1.80. The van der Waals surface area contributed by atoms with Crippen LogP contribution in [-0.2, 0) is 6.54 Å². The summed E-state index contributed by atoms with van der Waals surface area (Å²) in [7, 11) is 0. The number of hydrogen-bond acceptors (Lipinski definition) is 2. The molecule has 1 aromatic carbocycles. The van der Waals surface area contributed by atoms with Crippen LogP contribution in [0.4, 0.5) is 8.78 Å². The van der Waals surface area contributed by atoms with Gasteiger partial charge in [0, 0.05) is 24.4 Å². The fraction of sp³-hybridized carbons (Fsp3) is 0.300. The molecule has 1 heterocycles. The molecular formula is C10H10F2N2S. The van der Waals surface area contributed by atoms with Crippen LogP contribution in [0, 0.1) is 11.6 Å². The molecule has 0 saturated carbocycles. The van der Waals surface area contributed by atoms with E-state index in [9.17, 15) is 8.78 Å². The molecule has 0 aliphatic rings. The van der Waals surface area contributed by atoms with Gasteiger partial charge in [-0.15, -0.1) is 0 Å². The zero-order valence-corrected chi connectivity index (χ0v) is 9.02. The molecular weight excluding hydrogens is 218 g/mol. The van der Waals surface area contributed by atoms with Gasteiger partial charge in [-0.3, -0.25) is 0 Å². The second-order valence-electron chi connectivity index (χ2n) is 3.19. The van der Waals surface area contributed by atoms with E-state index in [1.807, 2.05) is 10.8 Å². The van der Waals surface area contributed by atoms with Crippen molar-refractivity contribution in [3.63, 3.8) is 0 Å². The number of imidazole rings is 1. The van der Waals surface area contributed by atoms with Crippen molar-refractivity contribution in [2.24, 2.45) is 0 Å². The lowest BCUT2D eigenvalue weighted by atomic mass is 10.3. The number of hydrogen-bond donors (Lipinski definition) is 0. The van der Waals surface area contributed by atoms with Crippen molar-refractivity contribution in [1.29, 1.82) is 0 Å². The Labute approximate surface area is 90.3 Å². The van der Waals surface area contributed by atoms with Gasteiger partial charge < -0.3 is 4.57 Å². The predicted octanol–water partition coefficient (Wildman–Crippen LogP) is 2.68. The first-order valence-corrected chi connectivity index (χ1v) is 5.90. The van der Waals surface area contributed by atoms with Crippen molar-refractivity contribution < 1.29 is 8.78 Å². The summed E-state index contributed by atoms with van der Waals surface area (Å²) in [5.41, 5.74) is 1.14. The van der Waals surface area contributed by atoms with Crippen molar-refractivity contribution in [2.75, 3.05) is 12.0 Å². The average molecular weight is 228 g/mol. The number of aryl methyl sites for hydroxylation is 1. The number of thioether (sulfide) groups is 1. The molecule has 0 aliphatic carbocycles. The monoisotopic (exact) mass is 228 g/mol. The molecule has 1 aromatic heterocycles. The lowest BCUT2D eigenvalue weighted by Crippen LogP contribution is -1.98. The molecule has 2 rings (SSSR count). The van der Waals surface area contributed by atoms with Gasteiger partial charge in [-0.05, 0) is 6.26 Å². The molecule has 0 radical (unpaired) electrons. The van der Waals surface area contributed by atoms with E-state index >= 15 is 0 Å². The lowest BCUT2D eigenvalue weighted by molar-refractivity contribution is 0.510. The molecule has 0 amide bonds. The Balaban J connectivity index is 2.45. The minimum atomic E-state index is -0.849. The zero-order chi connectivity index (χ0) is 10.8. The Hall–Kier alpha value is -1.10. The van der Waals surface area contributed by atoms with Crippen molar-refractivity contribution >= 4 is 22.8 Å². The van der Waals surface area contributed by atoms with E-state index in [4.69, 9.17) is 0 Å². The van der Waals surface area contributed by atoms with Crippen LogP contribution in [0.15, 0.2) is 18.5 Å². The van der Waals surface area contributed by atoms with Crippen LogP contribution in [0.2, 0.25) is 0 Å². The van der Waals surface area contributed by atoms with Crippen molar-refractivity contribution in [3.8, 4) is 0 Å². The van der Waals surface area contributed by atoms with Crippen LogP contribution in [-0.4, -0.2) is 21.6 Å². The van der Waals surface area contributed by atoms with Gasteiger partial charge in [0.05, 0.1) is 17.4 Å². The number of fused-ring (bicyclic) bond motifs is 1. The smallest absolute Gasteiger partial charge is 0.161 e. The van der Waals surface area contributed by atoms with Gasteiger partial charge in [-0.2, -0.15) is 11.8 Å². The first-order chi connectivity index (χ1) is 7.22. The van der Waals surface area contributed by atoms with E-state index in [-0.39, 0.29) is 0 Å². The highest BCUT2D eigenvalue weighted by Crippen LogP contribution is 2.17. The van der Waals surface area contributed by atoms with Gasteiger partial charge >= 0.3 is 0 Å². The van der Waals surface area contributed by atoms with E-state index < -0.39 is 11.6 Å². The lowest BCUT2D eigenvalue weighted by Gasteiger charge is -2.02. The number of benzene rings is 1. The third kappa shape index (κ3) is 1.97. The third-order valence-electron chi connectivity index (χ3n) is 2.20. The highest BCUT2D eigenvalue weighted by atomic mass is 32.2. The highest BCUT2D eigenvalue weighted by Gasteiger charge is 2.08. The highest BCUT2D eigenvalue weighted by molar-refractivity contribution is 7.98. The van der Waals surface area contributed by atoms with E-state index in [1.54, 1.807) is 18.1 Å². The topological polar surface area (TPSA) is 17.8 Å². The maximum Gasteiger partial charge on any atom is 0.161 e. The molecule has 5 heteroatoms. The van der Waals surface area contributed by atoms with Gasteiger partial charge in [0.1, 0.15) is 0 Å². The summed E-state index contributed by atoms with van der Waals surface area (Å²) in [5, 5.41) is 0. The molecule has 0 unspecified atom stereocenters. The van der Waals surface area contributed by atoms with Crippen LogP contribution in [0.1, 0.15) is 0 Å². The summed E-state index contributed by atoms with van der Waals surface area (Å²) >= 11 is 1.70. The van der Waals surface area contributed by atoms with Gasteiger partial charge in [0.25, 0.3) is 0 Å². The first-order valence-electron chi connectivity index (χ1n) is 4.51. The van der Waals surface area contributed by atoms with E-state index in [0.717, 1.165) is 18.4 Å². The van der Waals surface area contributed by atoms with E-state index in [2.05, 4.69) is 4.98 Å². The quantitative estimate of drug-likeness (QED) is 0.803. The normalized spacial score (nSPS) is 11.1. The number of halogens is 2. The maximum absolute atomic E-state index is 13.0. The molecule has 0 bridgehead atoms. The van der Waals surface area contributed by atoms with Gasteiger partial charge in [-0.25, -0.2) is 13.8 Å². The zero-order valence-electron chi connectivity index (χ0n) is 8.20. The molecule has 15 heavy (non-hydrogen) atoms. The van der Waals surface area contributed by atoms with Crippen molar-refractivity contribution in [3.05, 3.63) is 30.1 Å². The fourth-order valence-electron chi connectivity index (χ4n) is 1.42. The number of rotatable bonds is 3. The number of aromatic nitrogens is 2. The average Bonchev–Trinajstić information content (AvgIpc) is 2.59.